The molecular weight excluding hydrogens is 389 g/mol. The first-order valence-electron chi connectivity index (χ1n) is 6.98. The van der Waals surface area contributed by atoms with Gasteiger partial charge in [0.15, 0.2) is 0 Å². The fourth-order valence-electron chi connectivity index (χ4n) is 1.92. The second-order valence-corrected chi connectivity index (χ2v) is 7.01. The van der Waals surface area contributed by atoms with Crippen molar-refractivity contribution in [2.24, 2.45) is 0 Å². The summed E-state index contributed by atoms with van der Waals surface area (Å²) in [5, 5.41) is 13.3. The van der Waals surface area contributed by atoms with Crippen molar-refractivity contribution < 1.29 is 27.5 Å². The quantitative estimate of drug-likeness (QED) is 0.613. The molecule has 138 valence electrons. The van der Waals surface area contributed by atoms with Gasteiger partial charge < -0.3 is 15.7 Å². The molecule has 0 saturated carbocycles. The molecule has 0 atom stereocenters. The van der Waals surface area contributed by atoms with Gasteiger partial charge in [-0.15, -0.1) is 0 Å². The Balaban J connectivity index is 2.30. The van der Waals surface area contributed by atoms with Crippen LogP contribution >= 0.6 is 11.6 Å². The molecule has 2 aromatic carbocycles. The van der Waals surface area contributed by atoms with Gasteiger partial charge in [-0.2, -0.15) is 0 Å². The van der Waals surface area contributed by atoms with Crippen LogP contribution in [0.25, 0.3) is 0 Å². The first kappa shape index (κ1) is 19.5. The maximum Gasteiger partial charge on any atom is 0.338 e. The highest BCUT2D eigenvalue weighted by Crippen LogP contribution is 2.27. The number of amides is 2. The molecule has 0 aromatic heterocycles. The standard InChI is InChI=1S/C15H13ClFN3O5S/c1-18-15(23)19-8-2-4-9(5-3-8)20-26(24,25)13-6-10(14(21)22)12(17)7-11(13)16/h2-7,20H,1H3,(H,21,22)(H2,18,19,23). The van der Waals surface area contributed by atoms with E-state index in [-0.39, 0.29) is 5.69 Å². The number of halogens is 2. The summed E-state index contributed by atoms with van der Waals surface area (Å²) < 4.78 is 40.6. The summed E-state index contributed by atoms with van der Waals surface area (Å²) in [5.41, 5.74) is -0.273. The van der Waals surface area contributed by atoms with Gasteiger partial charge in [-0.05, 0) is 36.4 Å². The van der Waals surface area contributed by atoms with Crippen molar-refractivity contribution in [2.75, 3.05) is 17.1 Å². The largest absolute Gasteiger partial charge is 0.478 e. The summed E-state index contributed by atoms with van der Waals surface area (Å²) in [6.45, 7) is 0. The zero-order valence-electron chi connectivity index (χ0n) is 13.2. The number of benzene rings is 2. The SMILES string of the molecule is CNC(=O)Nc1ccc(NS(=O)(=O)c2cc(C(=O)O)c(F)cc2Cl)cc1. The van der Waals surface area contributed by atoms with Gasteiger partial charge in [0.2, 0.25) is 0 Å². The Bertz CT molecular complexity index is 964. The zero-order chi connectivity index (χ0) is 19.5. The van der Waals surface area contributed by atoms with Crippen LogP contribution in [0.15, 0.2) is 41.3 Å². The first-order chi connectivity index (χ1) is 12.1. The van der Waals surface area contributed by atoms with Crippen molar-refractivity contribution in [1.29, 1.82) is 0 Å². The molecule has 0 radical (unpaired) electrons. The van der Waals surface area contributed by atoms with E-state index >= 15 is 0 Å². The second kappa shape index (κ2) is 7.58. The number of aromatic carboxylic acids is 1. The van der Waals surface area contributed by atoms with Gasteiger partial charge in [0, 0.05) is 18.4 Å². The number of carboxylic acid groups (broad SMARTS) is 1. The third-order valence-corrected chi connectivity index (χ3v) is 5.01. The summed E-state index contributed by atoms with van der Waals surface area (Å²) in [6, 6.07) is 6.46. The average molecular weight is 402 g/mol. The van der Waals surface area contributed by atoms with Gasteiger partial charge >= 0.3 is 12.0 Å². The van der Waals surface area contributed by atoms with Gasteiger partial charge in [0.1, 0.15) is 10.7 Å². The molecule has 8 nitrogen and oxygen atoms in total. The number of urea groups is 1. The van der Waals surface area contributed by atoms with E-state index in [4.69, 9.17) is 16.7 Å². The Morgan fingerprint density at radius 1 is 1.12 bits per heavy atom. The second-order valence-electron chi connectivity index (χ2n) is 4.95. The Morgan fingerprint density at radius 3 is 2.23 bits per heavy atom. The highest BCUT2D eigenvalue weighted by molar-refractivity contribution is 7.92. The minimum Gasteiger partial charge on any atom is -0.478 e. The van der Waals surface area contributed by atoms with Crippen LogP contribution < -0.4 is 15.4 Å². The third-order valence-electron chi connectivity index (χ3n) is 3.16. The molecule has 0 aliphatic rings. The maximum absolute atomic E-state index is 13.6. The number of carboxylic acids is 1. The summed E-state index contributed by atoms with van der Waals surface area (Å²) >= 11 is 5.75. The molecule has 0 aliphatic carbocycles. The molecule has 11 heteroatoms. The molecule has 0 bridgehead atoms. The number of sulfonamides is 1. The van der Waals surface area contributed by atoms with Crippen LogP contribution in [-0.2, 0) is 10.0 Å². The van der Waals surface area contributed by atoms with E-state index in [1.807, 2.05) is 0 Å². The molecular formula is C15H13ClFN3O5S. The molecule has 2 aromatic rings. The Kier molecular flexibility index (Phi) is 5.68. The van der Waals surface area contributed by atoms with Crippen LogP contribution in [0.5, 0.6) is 0 Å². The predicted molar refractivity (Wildman–Crippen MR) is 93.7 cm³/mol. The lowest BCUT2D eigenvalue weighted by molar-refractivity contribution is 0.0691. The summed E-state index contributed by atoms with van der Waals surface area (Å²) in [6.07, 6.45) is 0. The normalized spacial score (nSPS) is 10.9. The molecule has 0 spiro atoms. The monoisotopic (exact) mass is 401 g/mol. The smallest absolute Gasteiger partial charge is 0.338 e. The summed E-state index contributed by atoms with van der Waals surface area (Å²) in [7, 11) is -2.83. The highest BCUT2D eigenvalue weighted by Gasteiger charge is 2.23. The van der Waals surface area contributed by atoms with Gasteiger partial charge in [-0.3, -0.25) is 4.72 Å². The number of carbonyl (C=O) groups excluding carboxylic acids is 1. The number of hydrogen-bond acceptors (Lipinski definition) is 4. The van der Waals surface area contributed by atoms with Gasteiger partial charge in [0.25, 0.3) is 10.0 Å². The Hall–Kier alpha value is -2.85. The van der Waals surface area contributed by atoms with Gasteiger partial charge in [-0.25, -0.2) is 22.4 Å². The summed E-state index contributed by atoms with van der Waals surface area (Å²) in [5.74, 6) is -2.77. The molecule has 0 unspecified atom stereocenters. The van der Waals surface area contributed by atoms with E-state index in [1.54, 1.807) is 0 Å². The number of anilines is 2. The average Bonchev–Trinajstić information content (AvgIpc) is 2.55. The van der Waals surface area contributed by atoms with Crippen molar-refractivity contribution >= 4 is 45.0 Å². The minimum atomic E-state index is -4.27. The predicted octanol–water partition coefficient (Wildman–Crippen LogP) is 2.73. The number of hydrogen-bond donors (Lipinski definition) is 4. The molecule has 26 heavy (non-hydrogen) atoms. The zero-order valence-corrected chi connectivity index (χ0v) is 14.8. The molecule has 0 aliphatic heterocycles. The van der Waals surface area contributed by atoms with Gasteiger partial charge in [-0.1, -0.05) is 11.6 Å². The third kappa shape index (κ3) is 4.41. The van der Waals surface area contributed by atoms with E-state index in [9.17, 15) is 22.4 Å². The lowest BCUT2D eigenvalue weighted by Crippen LogP contribution is -2.24. The van der Waals surface area contributed by atoms with Crippen molar-refractivity contribution in [3.05, 3.63) is 52.8 Å². The highest BCUT2D eigenvalue weighted by atomic mass is 35.5. The lowest BCUT2D eigenvalue weighted by Gasteiger charge is -2.11. The van der Waals surface area contributed by atoms with E-state index in [0.29, 0.717) is 17.8 Å². The molecule has 2 rings (SSSR count). The van der Waals surface area contributed by atoms with E-state index < -0.39 is 43.3 Å². The molecule has 0 heterocycles. The van der Waals surface area contributed by atoms with E-state index in [2.05, 4.69) is 15.4 Å². The van der Waals surface area contributed by atoms with Crippen LogP contribution in [0.3, 0.4) is 0 Å². The fraction of sp³-hybridized carbons (Fsp3) is 0.0667. The maximum atomic E-state index is 13.6. The number of nitrogens with one attached hydrogen (secondary N) is 3. The molecule has 0 saturated heterocycles. The first-order valence-corrected chi connectivity index (χ1v) is 8.84. The van der Waals surface area contributed by atoms with Crippen molar-refractivity contribution in [1.82, 2.24) is 5.32 Å². The topological polar surface area (TPSA) is 125 Å². The van der Waals surface area contributed by atoms with Gasteiger partial charge in [0.05, 0.1) is 10.6 Å². The molecule has 4 N–H and O–H groups in total. The van der Waals surface area contributed by atoms with Crippen LogP contribution in [0.1, 0.15) is 10.4 Å². The molecule has 2 amide bonds. The lowest BCUT2D eigenvalue weighted by atomic mass is 10.2. The Labute approximate surface area is 153 Å². The van der Waals surface area contributed by atoms with E-state index in [0.717, 1.165) is 0 Å². The Morgan fingerprint density at radius 2 is 1.69 bits per heavy atom. The minimum absolute atomic E-state index is 0.129. The van der Waals surface area contributed by atoms with Crippen LogP contribution in [0.4, 0.5) is 20.6 Å². The van der Waals surface area contributed by atoms with E-state index in [1.165, 1.54) is 31.3 Å². The molecule has 0 fully saturated rings. The van der Waals surface area contributed by atoms with Crippen LogP contribution in [0, 0.1) is 5.82 Å². The fourth-order valence-corrected chi connectivity index (χ4v) is 3.52. The van der Waals surface area contributed by atoms with Crippen molar-refractivity contribution in [2.45, 2.75) is 4.90 Å². The number of rotatable bonds is 5. The van der Waals surface area contributed by atoms with Crippen LogP contribution in [-0.4, -0.2) is 32.6 Å². The van der Waals surface area contributed by atoms with Crippen molar-refractivity contribution in [3.8, 4) is 0 Å². The summed E-state index contributed by atoms with van der Waals surface area (Å²) in [4.78, 5) is 21.6. The van der Waals surface area contributed by atoms with Crippen LogP contribution in [0.2, 0.25) is 5.02 Å². The number of carbonyl (C=O) groups is 2. The van der Waals surface area contributed by atoms with Crippen molar-refractivity contribution in [3.63, 3.8) is 0 Å².